The first kappa shape index (κ1) is 17.4. The molecule has 0 aromatic carbocycles. The van der Waals surface area contributed by atoms with Crippen molar-refractivity contribution in [3.05, 3.63) is 54.1 Å². The van der Waals surface area contributed by atoms with Crippen LogP contribution in [0.25, 0.3) is 0 Å². The van der Waals surface area contributed by atoms with Crippen molar-refractivity contribution in [3.8, 4) is 0 Å². The Morgan fingerprint density at radius 1 is 1.32 bits per heavy atom. The van der Waals surface area contributed by atoms with Crippen molar-refractivity contribution in [2.75, 3.05) is 32.1 Å². The Kier molecular flexibility index (Phi) is 5.95. The maximum atomic E-state index is 12.6. The number of anilines is 1. The number of nitrogens with one attached hydrogen (secondary N) is 1. The Bertz CT molecular complexity index is 687. The fraction of sp³-hybridized carbons (Fsp3) is 0.421. The van der Waals surface area contributed by atoms with Crippen LogP contribution in [0.2, 0.25) is 0 Å². The van der Waals surface area contributed by atoms with Gasteiger partial charge in [-0.2, -0.15) is 0 Å². The third kappa shape index (κ3) is 5.00. The predicted octanol–water partition coefficient (Wildman–Crippen LogP) is 2.38. The number of hydrogen-bond donors (Lipinski definition) is 1. The largest absolute Gasteiger partial charge is 0.381 e. The molecular weight excluding hydrogens is 316 g/mol. The van der Waals surface area contributed by atoms with Crippen molar-refractivity contribution in [1.29, 1.82) is 0 Å². The molecule has 0 aliphatic carbocycles. The van der Waals surface area contributed by atoms with Crippen molar-refractivity contribution < 1.29 is 9.53 Å². The topological polar surface area (TPSA) is 67.4 Å². The second-order valence-corrected chi connectivity index (χ2v) is 6.31. The predicted molar refractivity (Wildman–Crippen MR) is 96.6 cm³/mol. The zero-order valence-corrected chi connectivity index (χ0v) is 14.5. The van der Waals surface area contributed by atoms with E-state index in [1.807, 2.05) is 25.2 Å². The summed E-state index contributed by atoms with van der Waals surface area (Å²) in [5.41, 5.74) is 2.61. The van der Waals surface area contributed by atoms with E-state index >= 15 is 0 Å². The standard InChI is InChI=1S/C19H24N4O2/c1-23(9-6-15-4-7-20-8-5-15)19(24)16-11-17(13-21-12-16)22-14-18-3-2-10-25-18/h4-5,7-8,11-13,18,22H,2-3,6,9-10,14H2,1H3. The molecule has 0 spiro atoms. The number of pyridine rings is 2. The highest BCUT2D eigenvalue weighted by Crippen LogP contribution is 2.15. The van der Waals surface area contributed by atoms with Gasteiger partial charge < -0.3 is 15.0 Å². The number of carbonyl (C=O) groups is 1. The minimum atomic E-state index is -0.0256. The van der Waals surface area contributed by atoms with Crippen LogP contribution < -0.4 is 5.32 Å². The molecule has 0 saturated carbocycles. The van der Waals surface area contributed by atoms with Crippen molar-refractivity contribution in [3.63, 3.8) is 0 Å². The van der Waals surface area contributed by atoms with Crippen LogP contribution in [-0.2, 0) is 11.2 Å². The fourth-order valence-electron chi connectivity index (χ4n) is 2.86. The first-order chi connectivity index (χ1) is 12.2. The van der Waals surface area contributed by atoms with Gasteiger partial charge in [-0.3, -0.25) is 14.8 Å². The molecule has 1 atom stereocenters. The molecule has 1 amide bonds. The van der Waals surface area contributed by atoms with E-state index in [1.165, 1.54) is 5.56 Å². The highest BCUT2D eigenvalue weighted by molar-refractivity contribution is 5.94. The van der Waals surface area contributed by atoms with Gasteiger partial charge in [0, 0.05) is 51.5 Å². The number of nitrogens with zero attached hydrogens (tertiary/aromatic N) is 3. The molecule has 1 fully saturated rings. The summed E-state index contributed by atoms with van der Waals surface area (Å²) in [4.78, 5) is 22.5. The minimum absolute atomic E-state index is 0.0256. The SMILES string of the molecule is CN(CCc1ccncc1)C(=O)c1cncc(NCC2CCCO2)c1. The van der Waals surface area contributed by atoms with Crippen molar-refractivity contribution in [2.45, 2.75) is 25.4 Å². The third-order valence-electron chi connectivity index (χ3n) is 4.37. The molecule has 1 aliphatic heterocycles. The third-order valence-corrected chi connectivity index (χ3v) is 4.37. The van der Waals surface area contributed by atoms with Gasteiger partial charge in [-0.05, 0) is 43.0 Å². The quantitative estimate of drug-likeness (QED) is 0.838. The Morgan fingerprint density at radius 3 is 2.92 bits per heavy atom. The molecule has 1 aliphatic rings. The number of likely N-dealkylation sites (N-methyl/N-ethyl adjacent to an activating group) is 1. The van der Waals surface area contributed by atoms with Gasteiger partial charge in [0.05, 0.1) is 17.4 Å². The summed E-state index contributed by atoms with van der Waals surface area (Å²) in [7, 11) is 1.82. The lowest BCUT2D eigenvalue weighted by Crippen LogP contribution is -2.29. The average molecular weight is 340 g/mol. The number of ether oxygens (including phenoxy) is 1. The Labute approximate surface area is 148 Å². The first-order valence-electron chi connectivity index (χ1n) is 8.67. The number of hydrogen-bond acceptors (Lipinski definition) is 5. The number of carbonyl (C=O) groups excluding carboxylic acids is 1. The van der Waals surface area contributed by atoms with E-state index in [2.05, 4.69) is 15.3 Å². The molecule has 3 rings (SSSR count). The molecule has 0 radical (unpaired) electrons. The minimum Gasteiger partial charge on any atom is -0.381 e. The van der Waals surface area contributed by atoms with Gasteiger partial charge in [-0.1, -0.05) is 0 Å². The highest BCUT2D eigenvalue weighted by Gasteiger charge is 2.16. The molecule has 1 saturated heterocycles. The van der Waals surface area contributed by atoms with Crippen LogP contribution in [0.5, 0.6) is 0 Å². The van der Waals surface area contributed by atoms with Crippen molar-refractivity contribution >= 4 is 11.6 Å². The smallest absolute Gasteiger partial charge is 0.255 e. The summed E-state index contributed by atoms with van der Waals surface area (Å²) < 4.78 is 5.60. The van der Waals surface area contributed by atoms with E-state index in [4.69, 9.17) is 4.74 Å². The van der Waals surface area contributed by atoms with Gasteiger partial charge in [-0.15, -0.1) is 0 Å². The number of amides is 1. The van der Waals surface area contributed by atoms with Crippen LogP contribution in [0.15, 0.2) is 43.0 Å². The molecule has 3 heterocycles. The van der Waals surface area contributed by atoms with Gasteiger partial charge in [-0.25, -0.2) is 0 Å². The monoisotopic (exact) mass is 340 g/mol. The molecule has 0 bridgehead atoms. The van der Waals surface area contributed by atoms with Gasteiger partial charge in [0.25, 0.3) is 5.91 Å². The second-order valence-electron chi connectivity index (χ2n) is 6.31. The fourth-order valence-corrected chi connectivity index (χ4v) is 2.86. The van der Waals surface area contributed by atoms with E-state index < -0.39 is 0 Å². The lowest BCUT2D eigenvalue weighted by molar-refractivity contribution is 0.0796. The molecule has 6 heteroatoms. The van der Waals surface area contributed by atoms with E-state index in [-0.39, 0.29) is 12.0 Å². The van der Waals surface area contributed by atoms with Gasteiger partial charge in [0.2, 0.25) is 0 Å². The Balaban J connectivity index is 1.54. The maximum absolute atomic E-state index is 12.6. The summed E-state index contributed by atoms with van der Waals surface area (Å²) in [6.07, 6.45) is 10.1. The van der Waals surface area contributed by atoms with Crippen LogP contribution in [0.1, 0.15) is 28.8 Å². The average Bonchev–Trinajstić information content (AvgIpc) is 3.18. The first-order valence-corrected chi connectivity index (χ1v) is 8.67. The van der Waals surface area contributed by atoms with Gasteiger partial charge >= 0.3 is 0 Å². The molecular formula is C19H24N4O2. The van der Waals surface area contributed by atoms with E-state index in [9.17, 15) is 4.79 Å². The van der Waals surface area contributed by atoms with Crippen LogP contribution >= 0.6 is 0 Å². The number of aromatic nitrogens is 2. The molecule has 132 valence electrons. The molecule has 2 aromatic rings. The van der Waals surface area contributed by atoms with Gasteiger partial charge in [0.1, 0.15) is 0 Å². The maximum Gasteiger partial charge on any atom is 0.255 e. The molecule has 25 heavy (non-hydrogen) atoms. The van der Waals surface area contributed by atoms with Crippen molar-refractivity contribution in [1.82, 2.24) is 14.9 Å². The van der Waals surface area contributed by atoms with Crippen LogP contribution in [-0.4, -0.2) is 53.6 Å². The molecule has 1 unspecified atom stereocenters. The molecule has 6 nitrogen and oxygen atoms in total. The lowest BCUT2D eigenvalue weighted by atomic mass is 10.2. The van der Waals surface area contributed by atoms with Crippen LogP contribution in [0, 0.1) is 0 Å². The van der Waals surface area contributed by atoms with Crippen LogP contribution in [0.3, 0.4) is 0 Å². The summed E-state index contributed by atoms with van der Waals surface area (Å²) >= 11 is 0. The summed E-state index contributed by atoms with van der Waals surface area (Å²) in [5.74, 6) is -0.0256. The Hall–Kier alpha value is -2.47. The zero-order chi connectivity index (χ0) is 17.5. The zero-order valence-electron chi connectivity index (χ0n) is 14.5. The second kappa shape index (κ2) is 8.58. The lowest BCUT2D eigenvalue weighted by Gasteiger charge is -2.18. The van der Waals surface area contributed by atoms with E-state index in [0.29, 0.717) is 12.1 Å². The Morgan fingerprint density at radius 2 is 2.16 bits per heavy atom. The van der Waals surface area contributed by atoms with Crippen LogP contribution in [0.4, 0.5) is 5.69 Å². The highest BCUT2D eigenvalue weighted by atomic mass is 16.5. The van der Waals surface area contributed by atoms with E-state index in [1.54, 1.807) is 29.7 Å². The normalized spacial score (nSPS) is 16.6. The van der Waals surface area contributed by atoms with Crippen molar-refractivity contribution in [2.24, 2.45) is 0 Å². The molecule has 2 aromatic heterocycles. The van der Waals surface area contributed by atoms with Gasteiger partial charge in [0.15, 0.2) is 0 Å². The summed E-state index contributed by atoms with van der Waals surface area (Å²) in [5, 5.41) is 3.31. The summed E-state index contributed by atoms with van der Waals surface area (Å²) in [6.45, 7) is 2.24. The number of rotatable bonds is 7. The van der Waals surface area contributed by atoms with E-state index in [0.717, 1.165) is 38.1 Å². The summed E-state index contributed by atoms with van der Waals surface area (Å²) in [6, 6.07) is 5.79. The molecule has 1 N–H and O–H groups in total.